The largest absolute Gasteiger partial charge is 0.359 e. The fraction of sp³-hybridized carbons (Fsp3) is 0.900. The van der Waals surface area contributed by atoms with Crippen LogP contribution in [0.15, 0.2) is 0 Å². The molecule has 0 amide bonds. The van der Waals surface area contributed by atoms with Gasteiger partial charge in [0.05, 0.1) is 0 Å². The van der Waals surface area contributed by atoms with Gasteiger partial charge in [0.2, 0.25) is 0 Å². The lowest BCUT2D eigenvalue weighted by Gasteiger charge is -2.49. The van der Waals surface area contributed by atoms with Gasteiger partial charge in [-0.05, 0) is 5.41 Å². The van der Waals surface area contributed by atoms with Crippen LogP contribution < -0.4 is 0 Å². The standard InChI is InChI=1S/C10H20N2/c1-9(2,3)8(11)12-6-10(4,5)7-12/h11H,6-7H2,1-5H3. The van der Waals surface area contributed by atoms with Crippen molar-refractivity contribution < 1.29 is 0 Å². The molecule has 0 aromatic rings. The molecule has 0 aromatic heterocycles. The first-order valence-corrected chi connectivity index (χ1v) is 4.56. The van der Waals surface area contributed by atoms with Crippen LogP contribution in [0.2, 0.25) is 0 Å². The van der Waals surface area contributed by atoms with E-state index in [2.05, 4.69) is 39.5 Å². The van der Waals surface area contributed by atoms with Gasteiger partial charge < -0.3 is 4.90 Å². The van der Waals surface area contributed by atoms with Gasteiger partial charge in [-0.3, -0.25) is 5.41 Å². The molecule has 0 bridgehead atoms. The molecule has 1 aliphatic heterocycles. The number of likely N-dealkylation sites (tertiary alicyclic amines) is 1. The van der Waals surface area contributed by atoms with Crippen LogP contribution in [-0.2, 0) is 0 Å². The number of hydrogen-bond acceptors (Lipinski definition) is 1. The minimum Gasteiger partial charge on any atom is -0.359 e. The monoisotopic (exact) mass is 168 g/mol. The zero-order chi connectivity index (χ0) is 9.57. The molecule has 0 atom stereocenters. The summed E-state index contributed by atoms with van der Waals surface area (Å²) in [6.45, 7) is 12.9. The minimum absolute atomic E-state index is 0.0104. The Morgan fingerprint density at radius 1 is 1.25 bits per heavy atom. The molecule has 1 N–H and O–H groups in total. The molecule has 1 heterocycles. The van der Waals surface area contributed by atoms with E-state index in [9.17, 15) is 0 Å². The summed E-state index contributed by atoms with van der Waals surface area (Å²) < 4.78 is 0. The Bertz CT molecular complexity index is 190. The summed E-state index contributed by atoms with van der Waals surface area (Å²) in [6.07, 6.45) is 0. The predicted molar refractivity (Wildman–Crippen MR) is 52.5 cm³/mol. The first kappa shape index (κ1) is 9.56. The van der Waals surface area contributed by atoms with Crippen LogP contribution in [0, 0.1) is 16.2 Å². The molecule has 1 saturated heterocycles. The molecule has 2 nitrogen and oxygen atoms in total. The van der Waals surface area contributed by atoms with E-state index < -0.39 is 0 Å². The molecule has 1 rings (SSSR count). The van der Waals surface area contributed by atoms with Crippen LogP contribution in [0.25, 0.3) is 0 Å². The van der Waals surface area contributed by atoms with E-state index in [1.165, 1.54) is 0 Å². The number of nitrogens with one attached hydrogen (secondary N) is 1. The van der Waals surface area contributed by atoms with Crippen LogP contribution in [0.4, 0.5) is 0 Å². The molecular weight excluding hydrogens is 148 g/mol. The Morgan fingerprint density at radius 3 is 1.92 bits per heavy atom. The third-order valence-corrected chi connectivity index (χ3v) is 2.26. The molecule has 0 aliphatic carbocycles. The molecule has 1 aliphatic rings. The SMILES string of the molecule is CC1(C)CN(C(=N)C(C)(C)C)C1. The van der Waals surface area contributed by atoms with Gasteiger partial charge in [-0.2, -0.15) is 0 Å². The second kappa shape index (κ2) is 2.48. The van der Waals surface area contributed by atoms with Crippen molar-refractivity contribution in [3.8, 4) is 0 Å². The van der Waals surface area contributed by atoms with Crippen LogP contribution in [-0.4, -0.2) is 23.8 Å². The van der Waals surface area contributed by atoms with E-state index in [0.717, 1.165) is 18.9 Å². The summed E-state index contributed by atoms with van der Waals surface area (Å²) in [5, 5.41) is 7.90. The van der Waals surface area contributed by atoms with Crippen LogP contribution >= 0.6 is 0 Å². The van der Waals surface area contributed by atoms with Gasteiger partial charge in [-0.25, -0.2) is 0 Å². The molecule has 12 heavy (non-hydrogen) atoms. The quantitative estimate of drug-likeness (QED) is 0.436. The highest BCUT2D eigenvalue weighted by atomic mass is 15.2. The minimum atomic E-state index is 0.0104. The van der Waals surface area contributed by atoms with Gasteiger partial charge in [0, 0.05) is 18.5 Å². The summed E-state index contributed by atoms with van der Waals surface area (Å²) in [6, 6.07) is 0. The van der Waals surface area contributed by atoms with Crippen molar-refractivity contribution in [2.24, 2.45) is 10.8 Å². The number of nitrogens with zero attached hydrogens (tertiary/aromatic N) is 1. The Labute approximate surface area is 75.5 Å². The van der Waals surface area contributed by atoms with Crippen LogP contribution in [0.1, 0.15) is 34.6 Å². The number of amidine groups is 1. The second-order valence-electron chi connectivity index (χ2n) is 5.62. The fourth-order valence-corrected chi connectivity index (χ4v) is 1.62. The smallest absolute Gasteiger partial charge is 0.101 e. The Balaban J connectivity index is 2.50. The normalized spacial score (nSPS) is 21.9. The van der Waals surface area contributed by atoms with E-state index in [-0.39, 0.29) is 5.41 Å². The Morgan fingerprint density at radius 2 is 1.67 bits per heavy atom. The van der Waals surface area contributed by atoms with E-state index in [1.807, 2.05) is 0 Å². The van der Waals surface area contributed by atoms with Gasteiger partial charge in [0.15, 0.2) is 0 Å². The van der Waals surface area contributed by atoms with Gasteiger partial charge in [0.25, 0.3) is 0 Å². The second-order valence-corrected chi connectivity index (χ2v) is 5.62. The number of hydrogen-bond donors (Lipinski definition) is 1. The molecule has 2 heteroatoms. The molecular formula is C10H20N2. The Hall–Kier alpha value is -0.530. The van der Waals surface area contributed by atoms with Crippen molar-refractivity contribution in [1.82, 2.24) is 4.90 Å². The first-order valence-electron chi connectivity index (χ1n) is 4.56. The number of rotatable bonds is 0. The summed E-state index contributed by atoms with van der Waals surface area (Å²) in [7, 11) is 0. The van der Waals surface area contributed by atoms with Crippen molar-refractivity contribution in [1.29, 1.82) is 5.41 Å². The maximum atomic E-state index is 7.90. The van der Waals surface area contributed by atoms with E-state index in [4.69, 9.17) is 5.41 Å². The van der Waals surface area contributed by atoms with Crippen molar-refractivity contribution in [3.63, 3.8) is 0 Å². The van der Waals surface area contributed by atoms with Crippen molar-refractivity contribution >= 4 is 5.84 Å². The summed E-state index contributed by atoms with van der Waals surface area (Å²) >= 11 is 0. The summed E-state index contributed by atoms with van der Waals surface area (Å²) in [5.41, 5.74) is 0.439. The Kier molecular flexibility index (Phi) is 1.97. The zero-order valence-corrected chi connectivity index (χ0v) is 8.86. The highest BCUT2D eigenvalue weighted by Crippen LogP contribution is 2.32. The third kappa shape index (κ3) is 1.79. The van der Waals surface area contributed by atoms with Gasteiger partial charge >= 0.3 is 0 Å². The summed E-state index contributed by atoms with van der Waals surface area (Å²) in [4.78, 5) is 2.17. The fourth-order valence-electron chi connectivity index (χ4n) is 1.62. The highest BCUT2D eigenvalue weighted by Gasteiger charge is 2.38. The molecule has 0 saturated carbocycles. The van der Waals surface area contributed by atoms with E-state index >= 15 is 0 Å². The van der Waals surface area contributed by atoms with Crippen molar-refractivity contribution in [2.45, 2.75) is 34.6 Å². The lowest BCUT2D eigenvalue weighted by molar-refractivity contribution is 0.0884. The maximum Gasteiger partial charge on any atom is 0.101 e. The topological polar surface area (TPSA) is 27.1 Å². The maximum absolute atomic E-state index is 7.90. The van der Waals surface area contributed by atoms with Crippen molar-refractivity contribution in [2.75, 3.05) is 13.1 Å². The first-order chi connectivity index (χ1) is 5.22. The molecule has 70 valence electrons. The molecule has 0 unspecified atom stereocenters. The van der Waals surface area contributed by atoms with Gasteiger partial charge in [-0.1, -0.05) is 34.6 Å². The molecule has 0 radical (unpaired) electrons. The van der Waals surface area contributed by atoms with Crippen LogP contribution in [0.3, 0.4) is 0 Å². The third-order valence-electron chi connectivity index (χ3n) is 2.26. The molecule has 1 fully saturated rings. The van der Waals surface area contributed by atoms with Crippen molar-refractivity contribution in [3.05, 3.63) is 0 Å². The average Bonchev–Trinajstić information content (AvgIpc) is 1.78. The zero-order valence-electron chi connectivity index (χ0n) is 8.86. The molecule has 0 aromatic carbocycles. The molecule has 0 spiro atoms. The predicted octanol–water partition coefficient (Wildman–Crippen LogP) is 2.35. The van der Waals surface area contributed by atoms with E-state index in [0.29, 0.717) is 5.41 Å². The lowest BCUT2D eigenvalue weighted by Crippen LogP contribution is -2.57. The van der Waals surface area contributed by atoms with E-state index in [1.54, 1.807) is 0 Å². The van der Waals surface area contributed by atoms with Gasteiger partial charge in [0.1, 0.15) is 5.84 Å². The summed E-state index contributed by atoms with van der Waals surface area (Å²) in [5.74, 6) is 0.779. The highest BCUT2D eigenvalue weighted by molar-refractivity contribution is 5.85. The van der Waals surface area contributed by atoms with Gasteiger partial charge in [-0.15, -0.1) is 0 Å². The average molecular weight is 168 g/mol. The lowest BCUT2D eigenvalue weighted by atomic mass is 9.81. The van der Waals surface area contributed by atoms with Crippen LogP contribution in [0.5, 0.6) is 0 Å².